The van der Waals surface area contributed by atoms with Crippen molar-refractivity contribution in [2.24, 2.45) is 0 Å². The second kappa shape index (κ2) is 12.3. The van der Waals surface area contributed by atoms with Crippen molar-refractivity contribution in [1.82, 2.24) is 30.4 Å². The highest BCUT2D eigenvalue weighted by atomic mass is 16.5. The molecule has 10 heteroatoms. The predicted octanol–water partition coefficient (Wildman–Crippen LogP) is 3.22. The fraction of sp³-hybridized carbons (Fsp3) is 0.444. The lowest BCUT2D eigenvalue weighted by Crippen LogP contribution is -2.51. The summed E-state index contributed by atoms with van der Waals surface area (Å²) in [4.78, 5) is 29.5. The average molecular weight is 507 g/mol. The summed E-state index contributed by atoms with van der Waals surface area (Å²) in [6.45, 7) is 1.89. The molecule has 0 aliphatic heterocycles. The Labute approximate surface area is 216 Å². The quantitative estimate of drug-likeness (QED) is 0.449. The second-order valence-corrected chi connectivity index (χ2v) is 9.26. The van der Waals surface area contributed by atoms with Gasteiger partial charge in [0.25, 0.3) is 0 Å². The SMILES string of the molecule is COc1ccc(CN(C(=O)Cn2nnc(-c3ccc(OC)cc3)n2)[C@H](C)C(=O)NC2CCCCC2)cc1. The molecule has 1 N–H and O–H groups in total. The van der Waals surface area contributed by atoms with E-state index >= 15 is 0 Å². The van der Waals surface area contributed by atoms with Gasteiger partial charge in [0.15, 0.2) is 0 Å². The number of amides is 2. The summed E-state index contributed by atoms with van der Waals surface area (Å²) in [5, 5.41) is 15.7. The smallest absolute Gasteiger partial charge is 0.247 e. The molecule has 3 aromatic rings. The molecule has 1 fully saturated rings. The topological polar surface area (TPSA) is 111 Å². The number of methoxy groups -OCH3 is 2. The normalized spacial score (nSPS) is 14.6. The zero-order chi connectivity index (χ0) is 26.2. The molecule has 2 aromatic carbocycles. The fourth-order valence-corrected chi connectivity index (χ4v) is 4.46. The Morgan fingerprint density at radius 3 is 2.24 bits per heavy atom. The number of carbonyl (C=O) groups is 2. The number of aromatic nitrogens is 4. The van der Waals surface area contributed by atoms with Crippen LogP contribution in [-0.2, 0) is 22.7 Å². The average Bonchev–Trinajstić information content (AvgIpc) is 3.40. The minimum atomic E-state index is -0.666. The predicted molar refractivity (Wildman–Crippen MR) is 138 cm³/mol. The maximum Gasteiger partial charge on any atom is 0.247 e. The van der Waals surface area contributed by atoms with Crippen LogP contribution in [0.5, 0.6) is 11.5 Å². The Balaban J connectivity index is 1.49. The second-order valence-electron chi connectivity index (χ2n) is 9.26. The first-order valence-electron chi connectivity index (χ1n) is 12.6. The summed E-state index contributed by atoms with van der Waals surface area (Å²) in [5.41, 5.74) is 1.65. The third-order valence-electron chi connectivity index (χ3n) is 6.71. The Kier molecular flexibility index (Phi) is 8.71. The number of rotatable bonds is 10. The molecule has 0 unspecified atom stereocenters. The Morgan fingerprint density at radius 2 is 1.62 bits per heavy atom. The molecule has 4 rings (SSSR count). The van der Waals surface area contributed by atoms with Crippen molar-refractivity contribution < 1.29 is 19.1 Å². The fourth-order valence-electron chi connectivity index (χ4n) is 4.46. The highest BCUT2D eigenvalue weighted by molar-refractivity contribution is 5.87. The Hall–Kier alpha value is -3.95. The first kappa shape index (κ1) is 26.1. The number of nitrogens with zero attached hydrogens (tertiary/aromatic N) is 5. The van der Waals surface area contributed by atoms with Crippen LogP contribution in [0.1, 0.15) is 44.6 Å². The molecule has 1 saturated carbocycles. The summed E-state index contributed by atoms with van der Waals surface area (Å²) in [6.07, 6.45) is 5.38. The summed E-state index contributed by atoms with van der Waals surface area (Å²) >= 11 is 0. The molecule has 10 nitrogen and oxygen atoms in total. The van der Waals surface area contributed by atoms with Crippen molar-refractivity contribution in [2.45, 2.75) is 64.2 Å². The maximum absolute atomic E-state index is 13.5. The van der Waals surface area contributed by atoms with E-state index in [1.54, 1.807) is 26.0 Å². The lowest BCUT2D eigenvalue weighted by molar-refractivity contribution is -0.141. The molecule has 0 saturated heterocycles. The van der Waals surface area contributed by atoms with Gasteiger partial charge in [-0.1, -0.05) is 31.4 Å². The van der Waals surface area contributed by atoms with E-state index in [0.717, 1.165) is 48.3 Å². The minimum Gasteiger partial charge on any atom is -0.497 e. The van der Waals surface area contributed by atoms with E-state index in [2.05, 4.69) is 20.7 Å². The lowest BCUT2D eigenvalue weighted by Gasteiger charge is -2.31. The van der Waals surface area contributed by atoms with Crippen LogP contribution < -0.4 is 14.8 Å². The molecule has 0 bridgehead atoms. The van der Waals surface area contributed by atoms with Crippen molar-refractivity contribution in [3.05, 3.63) is 54.1 Å². The lowest BCUT2D eigenvalue weighted by atomic mass is 9.95. The van der Waals surface area contributed by atoms with E-state index in [1.807, 2.05) is 48.5 Å². The highest BCUT2D eigenvalue weighted by Crippen LogP contribution is 2.20. The summed E-state index contributed by atoms with van der Waals surface area (Å²) < 4.78 is 10.4. The van der Waals surface area contributed by atoms with Gasteiger partial charge in [0, 0.05) is 18.2 Å². The third kappa shape index (κ3) is 6.84. The van der Waals surface area contributed by atoms with Crippen LogP contribution in [0.25, 0.3) is 11.4 Å². The van der Waals surface area contributed by atoms with Gasteiger partial charge >= 0.3 is 0 Å². The van der Waals surface area contributed by atoms with Crippen LogP contribution in [0.4, 0.5) is 0 Å². The summed E-state index contributed by atoms with van der Waals surface area (Å²) in [7, 11) is 3.21. The molecule has 1 aliphatic rings. The van der Waals surface area contributed by atoms with E-state index in [4.69, 9.17) is 9.47 Å². The van der Waals surface area contributed by atoms with Crippen molar-refractivity contribution >= 4 is 11.8 Å². The van der Waals surface area contributed by atoms with Gasteiger partial charge < -0.3 is 19.7 Å². The molecular weight excluding hydrogens is 472 g/mol. The largest absolute Gasteiger partial charge is 0.497 e. The molecule has 0 radical (unpaired) electrons. The van der Waals surface area contributed by atoms with E-state index in [1.165, 1.54) is 11.2 Å². The zero-order valence-corrected chi connectivity index (χ0v) is 21.6. The standard InChI is InChI=1S/C27H34N6O4/c1-19(27(35)28-22-7-5-4-6-8-22)32(17-20-9-13-23(36-2)14-10-20)25(34)18-33-30-26(29-31-33)21-11-15-24(37-3)16-12-21/h9-16,19,22H,4-8,17-18H2,1-3H3,(H,28,35)/t19-/m1/s1. The number of hydrogen-bond acceptors (Lipinski definition) is 7. The third-order valence-corrected chi connectivity index (χ3v) is 6.71. The number of nitrogens with one attached hydrogen (secondary N) is 1. The molecular formula is C27H34N6O4. The van der Waals surface area contributed by atoms with Gasteiger partial charge in [0.05, 0.1) is 14.2 Å². The molecule has 1 aliphatic carbocycles. The van der Waals surface area contributed by atoms with Crippen LogP contribution in [-0.4, -0.2) is 63.2 Å². The van der Waals surface area contributed by atoms with Crippen molar-refractivity contribution in [1.29, 1.82) is 0 Å². The first-order valence-corrected chi connectivity index (χ1v) is 12.6. The van der Waals surface area contributed by atoms with Gasteiger partial charge in [0.2, 0.25) is 17.6 Å². The van der Waals surface area contributed by atoms with E-state index in [0.29, 0.717) is 5.82 Å². The molecule has 196 valence electrons. The van der Waals surface area contributed by atoms with Gasteiger partial charge in [-0.3, -0.25) is 9.59 Å². The number of benzene rings is 2. The molecule has 0 spiro atoms. The summed E-state index contributed by atoms with van der Waals surface area (Å²) in [6, 6.07) is 14.2. The van der Waals surface area contributed by atoms with Gasteiger partial charge in [-0.25, -0.2) is 0 Å². The van der Waals surface area contributed by atoms with Crippen molar-refractivity contribution in [3.8, 4) is 22.9 Å². The zero-order valence-electron chi connectivity index (χ0n) is 21.6. The van der Waals surface area contributed by atoms with Crippen LogP contribution in [0.2, 0.25) is 0 Å². The number of tetrazole rings is 1. The molecule has 2 amide bonds. The molecule has 1 atom stereocenters. The molecule has 1 heterocycles. The van der Waals surface area contributed by atoms with Crippen molar-refractivity contribution in [2.75, 3.05) is 14.2 Å². The molecule has 1 aromatic heterocycles. The maximum atomic E-state index is 13.5. The highest BCUT2D eigenvalue weighted by Gasteiger charge is 2.28. The first-order chi connectivity index (χ1) is 18.0. The van der Waals surface area contributed by atoms with E-state index in [9.17, 15) is 9.59 Å². The number of carbonyl (C=O) groups excluding carboxylic acids is 2. The van der Waals surface area contributed by atoms with Crippen LogP contribution in [0.15, 0.2) is 48.5 Å². The summed E-state index contributed by atoms with van der Waals surface area (Å²) in [5.74, 6) is 1.42. The van der Waals surface area contributed by atoms with Gasteiger partial charge in [-0.15, -0.1) is 10.2 Å². The Bertz CT molecular complexity index is 1170. The number of hydrogen-bond donors (Lipinski definition) is 1. The van der Waals surface area contributed by atoms with E-state index in [-0.39, 0.29) is 30.9 Å². The van der Waals surface area contributed by atoms with Gasteiger partial charge in [-0.2, -0.15) is 4.80 Å². The van der Waals surface area contributed by atoms with Gasteiger partial charge in [-0.05, 0) is 66.9 Å². The van der Waals surface area contributed by atoms with Crippen LogP contribution in [0.3, 0.4) is 0 Å². The van der Waals surface area contributed by atoms with E-state index < -0.39 is 6.04 Å². The minimum absolute atomic E-state index is 0.139. The monoisotopic (exact) mass is 506 g/mol. The van der Waals surface area contributed by atoms with Crippen molar-refractivity contribution in [3.63, 3.8) is 0 Å². The molecule has 37 heavy (non-hydrogen) atoms. The van der Waals surface area contributed by atoms with Crippen LogP contribution >= 0.6 is 0 Å². The van der Waals surface area contributed by atoms with Gasteiger partial charge in [0.1, 0.15) is 24.1 Å². The Morgan fingerprint density at radius 1 is 1.00 bits per heavy atom. The number of ether oxygens (including phenoxy) is 2. The van der Waals surface area contributed by atoms with Crippen LogP contribution in [0, 0.1) is 0 Å².